The van der Waals surface area contributed by atoms with Crippen LogP contribution in [0.25, 0.3) is 0 Å². The van der Waals surface area contributed by atoms with E-state index in [9.17, 15) is 4.79 Å². The second kappa shape index (κ2) is 5.05. The number of rotatable bonds is 4. The molecule has 0 radical (unpaired) electrons. The van der Waals surface area contributed by atoms with Crippen molar-refractivity contribution in [2.75, 3.05) is 6.26 Å². The zero-order chi connectivity index (χ0) is 10.6. The predicted octanol–water partition coefficient (Wildman–Crippen LogP) is 2.73. The standard InChI is InChI=1S/C11H14O2S/c1-8-3-4-9(5-6-11(12)13)10(7-8)14-2/h3-4,7H,5-6H2,1-2H3,(H,12,13). The molecule has 0 aromatic heterocycles. The van der Waals surface area contributed by atoms with Crippen LogP contribution < -0.4 is 0 Å². The Bertz CT molecular complexity index is 334. The van der Waals surface area contributed by atoms with Gasteiger partial charge in [0.2, 0.25) is 0 Å². The van der Waals surface area contributed by atoms with Gasteiger partial charge in [-0.25, -0.2) is 0 Å². The SMILES string of the molecule is CSc1cc(C)ccc1CCC(=O)O. The summed E-state index contributed by atoms with van der Waals surface area (Å²) in [5, 5.41) is 8.59. The first-order chi connectivity index (χ1) is 6.63. The van der Waals surface area contributed by atoms with E-state index in [0.717, 1.165) is 5.56 Å². The maximum absolute atomic E-state index is 10.4. The molecule has 0 spiro atoms. The summed E-state index contributed by atoms with van der Waals surface area (Å²) in [4.78, 5) is 11.6. The topological polar surface area (TPSA) is 37.3 Å². The van der Waals surface area contributed by atoms with Crippen LogP contribution in [0.2, 0.25) is 0 Å². The van der Waals surface area contributed by atoms with Crippen LogP contribution in [0.5, 0.6) is 0 Å². The number of carboxylic acids is 1. The van der Waals surface area contributed by atoms with Crippen molar-refractivity contribution in [3.8, 4) is 0 Å². The average molecular weight is 210 g/mol. The molecule has 0 fully saturated rings. The maximum atomic E-state index is 10.4. The monoisotopic (exact) mass is 210 g/mol. The quantitative estimate of drug-likeness (QED) is 0.776. The lowest BCUT2D eigenvalue weighted by atomic mass is 10.1. The van der Waals surface area contributed by atoms with Crippen LogP contribution in [-0.4, -0.2) is 17.3 Å². The Morgan fingerprint density at radius 3 is 2.79 bits per heavy atom. The van der Waals surface area contributed by atoms with Crippen molar-refractivity contribution < 1.29 is 9.90 Å². The Balaban J connectivity index is 2.80. The predicted molar refractivity (Wildman–Crippen MR) is 58.9 cm³/mol. The molecule has 0 amide bonds. The number of thioether (sulfide) groups is 1. The number of hydrogen-bond donors (Lipinski definition) is 1. The molecule has 3 heteroatoms. The van der Waals surface area contributed by atoms with Crippen molar-refractivity contribution in [1.82, 2.24) is 0 Å². The van der Waals surface area contributed by atoms with E-state index in [4.69, 9.17) is 5.11 Å². The van der Waals surface area contributed by atoms with E-state index in [0.29, 0.717) is 6.42 Å². The molecule has 0 saturated carbocycles. The third kappa shape index (κ3) is 3.07. The lowest BCUT2D eigenvalue weighted by molar-refractivity contribution is -0.136. The average Bonchev–Trinajstić information content (AvgIpc) is 2.15. The first kappa shape index (κ1) is 11.1. The Morgan fingerprint density at radius 2 is 2.21 bits per heavy atom. The molecule has 2 nitrogen and oxygen atoms in total. The fraction of sp³-hybridized carbons (Fsp3) is 0.364. The van der Waals surface area contributed by atoms with Gasteiger partial charge in [0.15, 0.2) is 0 Å². The molecule has 1 N–H and O–H groups in total. The minimum Gasteiger partial charge on any atom is -0.481 e. The van der Waals surface area contributed by atoms with Crippen LogP contribution in [0.1, 0.15) is 17.5 Å². The molecule has 0 atom stereocenters. The highest BCUT2D eigenvalue weighted by atomic mass is 32.2. The van der Waals surface area contributed by atoms with Gasteiger partial charge >= 0.3 is 5.97 Å². The Morgan fingerprint density at radius 1 is 1.50 bits per heavy atom. The van der Waals surface area contributed by atoms with Crippen LogP contribution in [0.3, 0.4) is 0 Å². The molecule has 0 unspecified atom stereocenters. The van der Waals surface area contributed by atoms with E-state index in [1.165, 1.54) is 10.5 Å². The van der Waals surface area contributed by atoms with E-state index in [-0.39, 0.29) is 6.42 Å². The highest BCUT2D eigenvalue weighted by Gasteiger charge is 2.04. The zero-order valence-corrected chi connectivity index (χ0v) is 9.23. The fourth-order valence-electron chi connectivity index (χ4n) is 1.30. The molecule has 0 bridgehead atoms. The summed E-state index contributed by atoms with van der Waals surface area (Å²) in [6.45, 7) is 2.04. The van der Waals surface area contributed by atoms with Gasteiger partial charge in [-0.05, 0) is 31.2 Å². The van der Waals surface area contributed by atoms with Crippen LogP contribution >= 0.6 is 11.8 Å². The number of hydrogen-bond acceptors (Lipinski definition) is 2. The second-order valence-electron chi connectivity index (χ2n) is 3.21. The fourth-order valence-corrected chi connectivity index (χ4v) is 2.04. The van der Waals surface area contributed by atoms with Gasteiger partial charge in [-0.2, -0.15) is 0 Å². The van der Waals surface area contributed by atoms with Crippen LogP contribution in [-0.2, 0) is 11.2 Å². The van der Waals surface area contributed by atoms with E-state index in [2.05, 4.69) is 6.07 Å². The van der Waals surface area contributed by atoms with Gasteiger partial charge in [-0.3, -0.25) is 4.79 Å². The second-order valence-corrected chi connectivity index (χ2v) is 4.06. The van der Waals surface area contributed by atoms with E-state index < -0.39 is 5.97 Å². The number of carbonyl (C=O) groups is 1. The van der Waals surface area contributed by atoms with Gasteiger partial charge in [0.05, 0.1) is 0 Å². The summed E-state index contributed by atoms with van der Waals surface area (Å²) in [7, 11) is 0. The lowest BCUT2D eigenvalue weighted by Crippen LogP contribution is -1.98. The van der Waals surface area contributed by atoms with Crippen molar-refractivity contribution in [2.24, 2.45) is 0 Å². The van der Waals surface area contributed by atoms with Gasteiger partial charge in [-0.1, -0.05) is 17.7 Å². The summed E-state index contributed by atoms with van der Waals surface area (Å²) < 4.78 is 0. The molecule has 1 rings (SSSR count). The summed E-state index contributed by atoms with van der Waals surface area (Å²) >= 11 is 1.67. The number of carboxylic acid groups (broad SMARTS) is 1. The van der Waals surface area contributed by atoms with Gasteiger partial charge < -0.3 is 5.11 Å². The normalized spacial score (nSPS) is 10.1. The molecule has 0 saturated heterocycles. The van der Waals surface area contributed by atoms with E-state index in [1.54, 1.807) is 11.8 Å². The number of aryl methyl sites for hydroxylation is 2. The van der Waals surface area contributed by atoms with Crippen molar-refractivity contribution in [3.05, 3.63) is 29.3 Å². The Labute approximate surface area is 88.3 Å². The minimum absolute atomic E-state index is 0.205. The molecule has 0 aliphatic carbocycles. The van der Waals surface area contributed by atoms with Crippen molar-refractivity contribution in [2.45, 2.75) is 24.7 Å². The van der Waals surface area contributed by atoms with Gasteiger partial charge in [-0.15, -0.1) is 11.8 Å². The molecule has 0 heterocycles. The van der Waals surface area contributed by atoms with Crippen LogP contribution in [0, 0.1) is 6.92 Å². The minimum atomic E-state index is -0.738. The highest BCUT2D eigenvalue weighted by Crippen LogP contribution is 2.22. The summed E-state index contributed by atoms with van der Waals surface area (Å²) in [5.74, 6) is -0.738. The largest absolute Gasteiger partial charge is 0.481 e. The summed E-state index contributed by atoms with van der Waals surface area (Å²) in [5.41, 5.74) is 2.35. The molecule has 1 aromatic carbocycles. The smallest absolute Gasteiger partial charge is 0.303 e. The maximum Gasteiger partial charge on any atom is 0.303 e. The molecule has 76 valence electrons. The molecule has 14 heavy (non-hydrogen) atoms. The summed E-state index contributed by atoms with van der Waals surface area (Å²) in [6.07, 6.45) is 2.83. The number of benzene rings is 1. The van der Waals surface area contributed by atoms with Crippen LogP contribution in [0.4, 0.5) is 0 Å². The van der Waals surface area contributed by atoms with E-state index in [1.807, 2.05) is 25.3 Å². The van der Waals surface area contributed by atoms with Crippen molar-refractivity contribution in [1.29, 1.82) is 0 Å². The molecule has 0 aliphatic heterocycles. The van der Waals surface area contributed by atoms with Crippen molar-refractivity contribution in [3.63, 3.8) is 0 Å². The van der Waals surface area contributed by atoms with Gasteiger partial charge in [0.1, 0.15) is 0 Å². The summed E-state index contributed by atoms with van der Waals surface area (Å²) in [6, 6.07) is 6.14. The number of aliphatic carboxylic acids is 1. The molecule has 1 aromatic rings. The Kier molecular flexibility index (Phi) is 4.01. The van der Waals surface area contributed by atoms with Crippen molar-refractivity contribution >= 4 is 17.7 Å². The highest BCUT2D eigenvalue weighted by molar-refractivity contribution is 7.98. The van der Waals surface area contributed by atoms with Gasteiger partial charge in [0.25, 0.3) is 0 Å². The Hall–Kier alpha value is -0.960. The van der Waals surface area contributed by atoms with Gasteiger partial charge in [0, 0.05) is 11.3 Å². The zero-order valence-electron chi connectivity index (χ0n) is 8.41. The molecular weight excluding hydrogens is 196 g/mol. The lowest BCUT2D eigenvalue weighted by Gasteiger charge is -2.06. The third-order valence-corrected chi connectivity index (χ3v) is 2.87. The van der Waals surface area contributed by atoms with Crippen LogP contribution in [0.15, 0.2) is 23.1 Å². The first-order valence-electron chi connectivity index (χ1n) is 4.49. The first-order valence-corrected chi connectivity index (χ1v) is 5.71. The molecule has 0 aliphatic rings. The van der Waals surface area contributed by atoms with E-state index >= 15 is 0 Å². The molecular formula is C11H14O2S. The third-order valence-electron chi connectivity index (χ3n) is 2.05.